The number of nitrogens with one attached hydrogen (secondary N) is 1. The molecule has 0 bridgehead atoms. The van der Waals surface area contributed by atoms with Gasteiger partial charge in [-0.2, -0.15) is 0 Å². The number of hydrogen-bond acceptors (Lipinski definition) is 4. The van der Waals surface area contributed by atoms with Gasteiger partial charge in [-0.25, -0.2) is 13.8 Å². The van der Waals surface area contributed by atoms with Crippen LogP contribution in [0.15, 0.2) is 29.8 Å². The van der Waals surface area contributed by atoms with E-state index in [-0.39, 0.29) is 18.2 Å². The molecule has 0 saturated heterocycles. The van der Waals surface area contributed by atoms with Gasteiger partial charge in [-0.15, -0.1) is 11.3 Å². The molecule has 0 amide bonds. The molecule has 0 saturated carbocycles. The van der Waals surface area contributed by atoms with Crippen LogP contribution < -0.4 is 5.32 Å². The topological polar surface area (TPSA) is 45.1 Å². The Labute approximate surface area is 113 Å². The number of aromatic nitrogens is 1. The Morgan fingerprint density at radius 1 is 1.42 bits per heavy atom. The summed E-state index contributed by atoms with van der Waals surface area (Å²) in [6.45, 7) is 2.08. The first kappa shape index (κ1) is 14.0. The van der Waals surface area contributed by atoms with Crippen molar-refractivity contribution in [3.05, 3.63) is 52.0 Å². The average Bonchev–Trinajstić information content (AvgIpc) is 2.89. The van der Waals surface area contributed by atoms with E-state index in [1.807, 2.05) is 12.3 Å². The molecule has 3 nitrogen and oxygen atoms in total. The normalized spacial score (nSPS) is 14.3. The van der Waals surface area contributed by atoms with Crippen LogP contribution in [0.2, 0.25) is 0 Å². The van der Waals surface area contributed by atoms with Gasteiger partial charge in [0.05, 0.1) is 12.1 Å². The summed E-state index contributed by atoms with van der Waals surface area (Å²) in [7, 11) is 0. The highest BCUT2D eigenvalue weighted by atomic mass is 32.1. The summed E-state index contributed by atoms with van der Waals surface area (Å²) in [4.78, 5) is 4.15. The Morgan fingerprint density at radius 2 is 2.21 bits per heavy atom. The standard InChI is InChI=1S/C13H14F2N2OS/c1-8(13-16-4-5-19-13)17-7-12(18)10-3-2-9(14)6-11(10)15/h2-6,8,12,17-18H,7H2,1H3. The van der Waals surface area contributed by atoms with Gasteiger partial charge in [-0.05, 0) is 13.0 Å². The molecule has 2 unspecified atom stereocenters. The highest BCUT2D eigenvalue weighted by Gasteiger charge is 2.15. The van der Waals surface area contributed by atoms with Crippen LogP contribution in [0.4, 0.5) is 8.78 Å². The van der Waals surface area contributed by atoms with E-state index in [1.165, 1.54) is 17.4 Å². The van der Waals surface area contributed by atoms with E-state index in [9.17, 15) is 13.9 Å². The molecule has 2 aromatic rings. The fourth-order valence-electron chi connectivity index (χ4n) is 1.71. The number of aliphatic hydroxyl groups excluding tert-OH is 1. The lowest BCUT2D eigenvalue weighted by Gasteiger charge is -2.16. The molecule has 2 rings (SSSR count). The van der Waals surface area contributed by atoms with E-state index in [2.05, 4.69) is 10.3 Å². The van der Waals surface area contributed by atoms with Crippen molar-refractivity contribution in [2.75, 3.05) is 6.54 Å². The van der Waals surface area contributed by atoms with Gasteiger partial charge in [0.15, 0.2) is 0 Å². The van der Waals surface area contributed by atoms with E-state index in [1.54, 1.807) is 6.20 Å². The number of hydrogen-bond donors (Lipinski definition) is 2. The van der Waals surface area contributed by atoms with E-state index in [4.69, 9.17) is 0 Å². The lowest BCUT2D eigenvalue weighted by molar-refractivity contribution is 0.166. The summed E-state index contributed by atoms with van der Waals surface area (Å²) in [5, 5.41) is 15.7. The molecule has 1 aromatic carbocycles. The first-order valence-corrected chi connectivity index (χ1v) is 6.71. The van der Waals surface area contributed by atoms with Crippen molar-refractivity contribution < 1.29 is 13.9 Å². The second-order valence-electron chi connectivity index (χ2n) is 4.18. The second-order valence-corrected chi connectivity index (χ2v) is 5.11. The van der Waals surface area contributed by atoms with E-state index in [0.29, 0.717) is 0 Å². The minimum atomic E-state index is -1.02. The van der Waals surface area contributed by atoms with Gasteiger partial charge < -0.3 is 10.4 Å². The third-order valence-electron chi connectivity index (χ3n) is 2.76. The van der Waals surface area contributed by atoms with Crippen LogP contribution in [0.3, 0.4) is 0 Å². The molecule has 6 heteroatoms. The Morgan fingerprint density at radius 3 is 2.84 bits per heavy atom. The Hall–Kier alpha value is -1.37. The van der Waals surface area contributed by atoms with E-state index in [0.717, 1.165) is 17.1 Å². The zero-order valence-corrected chi connectivity index (χ0v) is 11.1. The number of nitrogens with zero attached hydrogens (tertiary/aromatic N) is 1. The summed E-state index contributed by atoms with van der Waals surface area (Å²) < 4.78 is 26.2. The smallest absolute Gasteiger partial charge is 0.131 e. The minimum absolute atomic E-state index is 0.0295. The maximum absolute atomic E-state index is 13.5. The second kappa shape index (κ2) is 6.18. The molecule has 1 heterocycles. The largest absolute Gasteiger partial charge is 0.387 e. The first-order valence-electron chi connectivity index (χ1n) is 5.83. The van der Waals surface area contributed by atoms with E-state index < -0.39 is 17.7 Å². The Balaban J connectivity index is 1.96. The predicted octanol–water partition coefficient (Wildman–Crippen LogP) is 2.81. The molecular formula is C13H14F2N2OS. The fraction of sp³-hybridized carbons (Fsp3) is 0.308. The zero-order chi connectivity index (χ0) is 13.8. The molecule has 0 aliphatic rings. The van der Waals surface area contributed by atoms with Gasteiger partial charge in [0.2, 0.25) is 0 Å². The lowest BCUT2D eigenvalue weighted by atomic mass is 10.1. The molecule has 19 heavy (non-hydrogen) atoms. The van der Waals surface area contributed by atoms with Crippen LogP contribution in [0.1, 0.15) is 29.6 Å². The maximum atomic E-state index is 13.5. The van der Waals surface area contributed by atoms with Crippen LogP contribution in [0, 0.1) is 11.6 Å². The van der Waals surface area contributed by atoms with Crippen molar-refractivity contribution in [1.82, 2.24) is 10.3 Å². The predicted molar refractivity (Wildman–Crippen MR) is 69.8 cm³/mol. The highest BCUT2D eigenvalue weighted by Crippen LogP contribution is 2.19. The van der Waals surface area contributed by atoms with Gasteiger partial charge in [-0.1, -0.05) is 6.07 Å². The summed E-state index contributed by atoms with van der Waals surface area (Å²) in [5.74, 6) is -1.39. The van der Waals surface area contributed by atoms with Crippen molar-refractivity contribution in [2.45, 2.75) is 19.1 Å². The SMILES string of the molecule is CC(NCC(O)c1ccc(F)cc1F)c1nccs1. The van der Waals surface area contributed by atoms with Crippen molar-refractivity contribution in [1.29, 1.82) is 0 Å². The van der Waals surface area contributed by atoms with Crippen molar-refractivity contribution in [3.8, 4) is 0 Å². The summed E-state index contributed by atoms with van der Waals surface area (Å²) in [6.07, 6.45) is 0.678. The lowest BCUT2D eigenvalue weighted by Crippen LogP contribution is -2.25. The molecule has 0 spiro atoms. The highest BCUT2D eigenvalue weighted by molar-refractivity contribution is 7.09. The first-order chi connectivity index (χ1) is 9.08. The van der Waals surface area contributed by atoms with Gasteiger partial charge in [0.1, 0.15) is 16.6 Å². The van der Waals surface area contributed by atoms with Crippen LogP contribution >= 0.6 is 11.3 Å². The van der Waals surface area contributed by atoms with Crippen LogP contribution in [-0.4, -0.2) is 16.6 Å². The molecule has 2 atom stereocenters. The number of aliphatic hydroxyl groups is 1. The number of halogens is 2. The quantitative estimate of drug-likeness (QED) is 0.887. The molecule has 0 fully saturated rings. The van der Waals surface area contributed by atoms with Gasteiger partial charge >= 0.3 is 0 Å². The van der Waals surface area contributed by atoms with Crippen LogP contribution in [-0.2, 0) is 0 Å². The molecule has 0 aliphatic heterocycles. The average molecular weight is 284 g/mol. The van der Waals surface area contributed by atoms with Crippen LogP contribution in [0.5, 0.6) is 0 Å². The summed E-state index contributed by atoms with van der Waals surface area (Å²) >= 11 is 1.50. The number of rotatable bonds is 5. The van der Waals surface area contributed by atoms with Crippen molar-refractivity contribution in [3.63, 3.8) is 0 Å². The van der Waals surface area contributed by atoms with Gasteiger partial charge in [0.25, 0.3) is 0 Å². The monoisotopic (exact) mass is 284 g/mol. The van der Waals surface area contributed by atoms with Crippen molar-refractivity contribution >= 4 is 11.3 Å². The third-order valence-corrected chi connectivity index (χ3v) is 3.72. The molecule has 0 aliphatic carbocycles. The van der Waals surface area contributed by atoms with Crippen molar-refractivity contribution in [2.24, 2.45) is 0 Å². The van der Waals surface area contributed by atoms with Gasteiger partial charge in [0, 0.05) is 29.8 Å². The Bertz CT molecular complexity index is 533. The zero-order valence-electron chi connectivity index (χ0n) is 10.3. The fourth-order valence-corrected chi connectivity index (χ4v) is 2.38. The van der Waals surface area contributed by atoms with E-state index >= 15 is 0 Å². The maximum Gasteiger partial charge on any atom is 0.131 e. The summed E-state index contributed by atoms with van der Waals surface area (Å²) in [6, 6.07) is 3.12. The number of benzene rings is 1. The third kappa shape index (κ3) is 3.56. The molecule has 1 aromatic heterocycles. The van der Waals surface area contributed by atoms with Gasteiger partial charge in [-0.3, -0.25) is 0 Å². The molecular weight excluding hydrogens is 270 g/mol. The number of thiazole rings is 1. The molecule has 0 radical (unpaired) electrons. The molecule has 2 N–H and O–H groups in total. The summed E-state index contributed by atoms with van der Waals surface area (Å²) in [5.41, 5.74) is 0.0836. The van der Waals surface area contributed by atoms with Crippen LogP contribution in [0.25, 0.3) is 0 Å². The molecule has 102 valence electrons. The Kier molecular flexibility index (Phi) is 4.57. The minimum Gasteiger partial charge on any atom is -0.387 e.